The van der Waals surface area contributed by atoms with Gasteiger partial charge in [-0.2, -0.15) is 4.31 Å². The standard InChI is InChI=1S/C11H13BrFNO4S/c1-7(11(15)16)6-14(2)19(17,18)10-5-8(12)3-4-9(10)13/h3-5,7H,6H2,1-2H3,(H,15,16). The monoisotopic (exact) mass is 353 g/mol. The zero-order valence-electron chi connectivity index (χ0n) is 10.3. The van der Waals surface area contributed by atoms with Crippen LogP contribution in [0.25, 0.3) is 0 Å². The van der Waals surface area contributed by atoms with Crippen molar-refractivity contribution in [1.82, 2.24) is 4.31 Å². The van der Waals surface area contributed by atoms with Crippen LogP contribution in [0.3, 0.4) is 0 Å². The summed E-state index contributed by atoms with van der Waals surface area (Å²) in [5.74, 6) is -2.87. The zero-order chi connectivity index (χ0) is 14.8. The topological polar surface area (TPSA) is 74.7 Å². The van der Waals surface area contributed by atoms with Gasteiger partial charge in [-0.05, 0) is 18.2 Å². The molecule has 0 bridgehead atoms. The first-order valence-corrected chi connectivity index (χ1v) is 7.53. The number of halogens is 2. The molecular weight excluding hydrogens is 341 g/mol. The first-order valence-electron chi connectivity index (χ1n) is 5.30. The Morgan fingerprint density at radius 2 is 2.11 bits per heavy atom. The lowest BCUT2D eigenvalue weighted by molar-refractivity contribution is -0.141. The van der Waals surface area contributed by atoms with Crippen molar-refractivity contribution in [3.8, 4) is 0 Å². The third-order valence-corrected chi connectivity index (χ3v) is 4.87. The zero-order valence-corrected chi connectivity index (χ0v) is 12.7. The first kappa shape index (κ1) is 16.1. The summed E-state index contributed by atoms with van der Waals surface area (Å²) in [4.78, 5) is 10.2. The Hall–Kier alpha value is -0.990. The van der Waals surface area contributed by atoms with Crippen LogP contribution < -0.4 is 0 Å². The highest BCUT2D eigenvalue weighted by atomic mass is 79.9. The summed E-state index contributed by atoms with van der Waals surface area (Å²) in [5.41, 5.74) is 0. The van der Waals surface area contributed by atoms with Crippen LogP contribution in [-0.2, 0) is 14.8 Å². The van der Waals surface area contributed by atoms with Crippen LogP contribution in [0.5, 0.6) is 0 Å². The van der Waals surface area contributed by atoms with Gasteiger partial charge in [-0.25, -0.2) is 12.8 Å². The summed E-state index contributed by atoms with van der Waals surface area (Å²) in [6.07, 6.45) is 0. The molecule has 1 N–H and O–H groups in total. The van der Waals surface area contributed by atoms with E-state index in [9.17, 15) is 17.6 Å². The van der Waals surface area contributed by atoms with E-state index in [1.807, 2.05) is 0 Å². The lowest BCUT2D eigenvalue weighted by atomic mass is 10.2. The molecule has 0 fully saturated rings. The summed E-state index contributed by atoms with van der Waals surface area (Å²) >= 11 is 3.07. The highest BCUT2D eigenvalue weighted by molar-refractivity contribution is 9.10. The molecule has 0 radical (unpaired) electrons. The Morgan fingerprint density at radius 3 is 2.63 bits per heavy atom. The van der Waals surface area contributed by atoms with Gasteiger partial charge in [0, 0.05) is 18.1 Å². The van der Waals surface area contributed by atoms with E-state index in [1.165, 1.54) is 20.0 Å². The third kappa shape index (κ3) is 3.74. The second-order valence-corrected chi connectivity index (χ2v) is 7.03. The molecule has 0 aliphatic heterocycles. The molecule has 0 amide bonds. The normalized spacial score (nSPS) is 13.5. The Labute approximate surface area is 119 Å². The molecule has 19 heavy (non-hydrogen) atoms. The van der Waals surface area contributed by atoms with Crippen LogP contribution in [0.2, 0.25) is 0 Å². The predicted molar refractivity (Wildman–Crippen MR) is 70.7 cm³/mol. The highest BCUT2D eigenvalue weighted by Gasteiger charge is 2.27. The second-order valence-electron chi connectivity index (χ2n) is 4.10. The molecule has 1 atom stereocenters. The molecule has 0 aromatic heterocycles. The summed E-state index contributed by atoms with van der Waals surface area (Å²) in [7, 11) is -2.84. The second kappa shape index (κ2) is 5.98. The number of hydrogen-bond acceptors (Lipinski definition) is 3. The summed E-state index contributed by atoms with van der Waals surface area (Å²) in [5, 5.41) is 8.76. The van der Waals surface area contributed by atoms with Crippen molar-refractivity contribution in [2.75, 3.05) is 13.6 Å². The van der Waals surface area contributed by atoms with Crippen molar-refractivity contribution in [3.05, 3.63) is 28.5 Å². The number of nitrogens with zero attached hydrogens (tertiary/aromatic N) is 1. The van der Waals surface area contributed by atoms with Gasteiger partial charge in [0.2, 0.25) is 10.0 Å². The van der Waals surface area contributed by atoms with Crippen molar-refractivity contribution in [2.24, 2.45) is 5.92 Å². The lowest BCUT2D eigenvalue weighted by Crippen LogP contribution is -2.34. The number of carboxylic acids is 1. The molecule has 5 nitrogen and oxygen atoms in total. The molecule has 0 spiro atoms. The van der Waals surface area contributed by atoms with E-state index in [-0.39, 0.29) is 6.54 Å². The van der Waals surface area contributed by atoms with Gasteiger partial charge in [-0.15, -0.1) is 0 Å². The molecule has 0 heterocycles. The quantitative estimate of drug-likeness (QED) is 0.877. The summed E-state index contributed by atoms with van der Waals surface area (Å²) in [6.45, 7) is 1.15. The van der Waals surface area contributed by atoms with Gasteiger partial charge in [0.1, 0.15) is 10.7 Å². The number of sulfonamides is 1. The predicted octanol–water partition coefficient (Wildman–Crippen LogP) is 1.93. The molecule has 0 aliphatic carbocycles. The number of rotatable bonds is 5. The van der Waals surface area contributed by atoms with Crippen molar-refractivity contribution >= 4 is 31.9 Å². The minimum absolute atomic E-state index is 0.233. The summed E-state index contributed by atoms with van der Waals surface area (Å²) < 4.78 is 39.1. The average molecular weight is 354 g/mol. The van der Waals surface area contributed by atoms with Crippen LogP contribution in [0.15, 0.2) is 27.6 Å². The van der Waals surface area contributed by atoms with Crippen LogP contribution >= 0.6 is 15.9 Å². The minimum atomic E-state index is -4.06. The fraction of sp³-hybridized carbons (Fsp3) is 0.364. The van der Waals surface area contributed by atoms with Gasteiger partial charge < -0.3 is 5.11 Å². The average Bonchev–Trinajstić information content (AvgIpc) is 2.31. The maximum Gasteiger partial charge on any atom is 0.307 e. The fourth-order valence-electron chi connectivity index (χ4n) is 1.40. The van der Waals surface area contributed by atoms with Crippen molar-refractivity contribution in [3.63, 3.8) is 0 Å². The third-order valence-electron chi connectivity index (χ3n) is 2.53. The van der Waals surface area contributed by atoms with Crippen molar-refractivity contribution in [1.29, 1.82) is 0 Å². The largest absolute Gasteiger partial charge is 0.481 e. The summed E-state index contributed by atoms with van der Waals surface area (Å²) in [6, 6.07) is 3.56. The number of benzene rings is 1. The highest BCUT2D eigenvalue weighted by Crippen LogP contribution is 2.23. The van der Waals surface area contributed by atoms with Gasteiger partial charge in [-0.1, -0.05) is 22.9 Å². The van der Waals surface area contributed by atoms with Gasteiger partial charge in [0.25, 0.3) is 0 Å². The molecule has 0 saturated heterocycles. The van der Waals surface area contributed by atoms with Gasteiger partial charge in [0.05, 0.1) is 5.92 Å². The molecule has 0 aliphatic rings. The van der Waals surface area contributed by atoms with E-state index in [1.54, 1.807) is 0 Å². The number of hydrogen-bond donors (Lipinski definition) is 1. The van der Waals surface area contributed by atoms with E-state index in [0.29, 0.717) is 4.47 Å². The van der Waals surface area contributed by atoms with Crippen LogP contribution in [-0.4, -0.2) is 37.4 Å². The van der Waals surface area contributed by atoms with Crippen molar-refractivity contribution < 1.29 is 22.7 Å². The molecule has 1 aromatic rings. The maximum atomic E-state index is 13.6. The first-order chi connectivity index (χ1) is 8.66. The molecule has 1 rings (SSSR count). The minimum Gasteiger partial charge on any atom is -0.481 e. The van der Waals surface area contributed by atoms with Crippen LogP contribution in [0, 0.1) is 11.7 Å². The Bertz CT molecular complexity index is 590. The number of carboxylic acid groups (broad SMARTS) is 1. The van der Waals surface area contributed by atoms with Gasteiger partial charge in [0.15, 0.2) is 0 Å². The van der Waals surface area contributed by atoms with Gasteiger partial charge >= 0.3 is 5.97 Å². The SMILES string of the molecule is CC(CN(C)S(=O)(=O)c1cc(Br)ccc1F)C(=O)O. The van der Waals surface area contributed by atoms with Crippen LogP contribution in [0.4, 0.5) is 4.39 Å². The van der Waals surface area contributed by atoms with E-state index in [4.69, 9.17) is 5.11 Å². The molecule has 1 unspecified atom stereocenters. The van der Waals surface area contributed by atoms with E-state index < -0.39 is 32.6 Å². The Kier molecular flexibility index (Phi) is 5.05. The lowest BCUT2D eigenvalue weighted by Gasteiger charge is -2.19. The molecular formula is C11H13BrFNO4S. The smallest absolute Gasteiger partial charge is 0.307 e. The molecule has 106 valence electrons. The molecule has 0 saturated carbocycles. The van der Waals surface area contributed by atoms with Crippen LogP contribution in [0.1, 0.15) is 6.92 Å². The number of aliphatic carboxylic acids is 1. The fourth-order valence-corrected chi connectivity index (χ4v) is 3.26. The Balaban J connectivity index is 3.10. The van der Waals surface area contributed by atoms with E-state index in [2.05, 4.69) is 15.9 Å². The van der Waals surface area contributed by atoms with E-state index >= 15 is 0 Å². The van der Waals surface area contributed by atoms with Crippen molar-refractivity contribution in [2.45, 2.75) is 11.8 Å². The maximum absolute atomic E-state index is 13.6. The number of carbonyl (C=O) groups is 1. The molecule has 8 heteroatoms. The van der Waals surface area contributed by atoms with E-state index in [0.717, 1.165) is 16.4 Å². The molecule has 1 aromatic carbocycles. The Morgan fingerprint density at radius 1 is 1.53 bits per heavy atom. The van der Waals surface area contributed by atoms with Gasteiger partial charge in [-0.3, -0.25) is 4.79 Å².